The van der Waals surface area contributed by atoms with E-state index in [1.165, 1.54) is 0 Å². The van der Waals surface area contributed by atoms with Gasteiger partial charge in [-0.25, -0.2) is 0 Å². The Morgan fingerprint density at radius 1 is 1.32 bits per heavy atom. The van der Waals surface area contributed by atoms with Gasteiger partial charge in [-0.15, -0.1) is 0 Å². The van der Waals surface area contributed by atoms with Gasteiger partial charge in [0.25, 0.3) is 0 Å². The number of benzene rings is 1. The van der Waals surface area contributed by atoms with E-state index in [1.807, 2.05) is 43.3 Å². The molecule has 2 aromatic rings. The molecule has 1 aromatic heterocycles. The van der Waals surface area contributed by atoms with Crippen molar-refractivity contribution in [3.8, 4) is 0 Å². The summed E-state index contributed by atoms with van der Waals surface area (Å²) in [6.07, 6.45) is 4.43. The van der Waals surface area contributed by atoms with Gasteiger partial charge in [0.2, 0.25) is 5.91 Å². The largest absolute Gasteiger partial charge is 0.390 e. The number of pyridine rings is 1. The van der Waals surface area contributed by atoms with Crippen molar-refractivity contribution in [1.29, 1.82) is 0 Å². The van der Waals surface area contributed by atoms with Crippen LogP contribution in [0, 0.1) is 0 Å². The van der Waals surface area contributed by atoms with Crippen molar-refractivity contribution in [2.75, 3.05) is 6.54 Å². The molecule has 25 heavy (non-hydrogen) atoms. The molecule has 1 amide bonds. The summed E-state index contributed by atoms with van der Waals surface area (Å²) in [5.41, 5.74) is 2.74. The van der Waals surface area contributed by atoms with E-state index < -0.39 is 0 Å². The van der Waals surface area contributed by atoms with Crippen molar-refractivity contribution in [1.82, 2.24) is 9.88 Å². The van der Waals surface area contributed by atoms with Crippen molar-refractivity contribution in [3.05, 3.63) is 64.9 Å². The Labute approximate surface area is 152 Å². The van der Waals surface area contributed by atoms with Crippen molar-refractivity contribution < 1.29 is 9.63 Å². The van der Waals surface area contributed by atoms with E-state index in [-0.39, 0.29) is 12.0 Å². The Morgan fingerprint density at radius 2 is 2.16 bits per heavy atom. The normalized spacial score (nSPS) is 16.2. The van der Waals surface area contributed by atoms with Gasteiger partial charge in [-0.05, 0) is 23.8 Å². The fourth-order valence-electron chi connectivity index (χ4n) is 2.79. The van der Waals surface area contributed by atoms with Gasteiger partial charge in [0.05, 0.1) is 12.3 Å². The van der Waals surface area contributed by atoms with Crippen LogP contribution in [0.25, 0.3) is 0 Å². The number of oxime groups is 1. The Bertz CT molecular complexity index is 764. The molecule has 0 aliphatic carbocycles. The molecule has 1 aromatic carbocycles. The number of hydrogen-bond acceptors (Lipinski definition) is 4. The predicted octanol–water partition coefficient (Wildman–Crippen LogP) is 3.67. The first-order valence-electron chi connectivity index (χ1n) is 8.31. The van der Waals surface area contributed by atoms with E-state index in [1.54, 1.807) is 17.3 Å². The van der Waals surface area contributed by atoms with E-state index in [4.69, 9.17) is 16.4 Å². The maximum atomic E-state index is 12.3. The van der Waals surface area contributed by atoms with Crippen molar-refractivity contribution in [2.45, 2.75) is 32.4 Å². The number of carbonyl (C=O) groups excluding carboxylic acids is 1. The first-order chi connectivity index (χ1) is 12.2. The van der Waals surface area contributed by atoms with Crippen molar-refractivity contribution in [2.24, 2.45) is 5.16 Å². The van der Waals surface area contributed by atoms with Gasteiger partial charge in [-0.1, -0.05) is 41.9 Å². The molecule has 130 valence electrons. The molecule has 0 saturated heterocycles. The lowest BCUT2D eigenvalue weighted by atomic mass is 10.1. The Kier molecular flexibility index (Phi) is 5.66. The third-order valence-electron chi connectivity index (χ3n) is 4.13. The summed E-state index contributed by atoms with van der Waals surface area (Å²) in [5.74, 6) is 0.0679. The van der Waals surface area contributed by atoms with Crippen LogP contribution in [0.2, 0.25) is 5.02 Å². The Balaban J connectivity index is 1.66. The number of amides is 1. The van der Waals surface area contributed by atoms with Crippen molar-refractivity contribution >= 4 is 23.2 Å². The predicted molar refractivity (Wildman–Crippen MR) is 97.4 cm³/mol. The number of halogens is 1. The SMILES string of the molecule is CCC(=O)N(Cc1ccccc1Cl)C[C@H]1CC(c2cccnc2)=NO1. The second kappa shape index (κ2) is 8.12. The van der Waals surface area contributed by atoms with Crippen LogP contribution < -0.4 is 0 Å². The second-order valence-electron chi connectivity index (χ2n) is 5.93. The quantitative estimate of drug-likeness (QED) is 0.792. The summed E-state index contributed by atoms with van der Waals surface area (Å²) in [5, 5.41) is 4.83. The van der Waals surface area contributed by atoms with E-state index in [2.05, 4.69) is 10.1 Å². The fraction of sp³-hybridized carbons (Fsp3) is 0.316. The van der Waals surface area contributed by atoms with Gasteiger partial charge in [0.15, 0.2) is 6.10 Å². The molecule has 6 heteroatoms. The number of nitrogens with zero attached hydrogens (tertiary/aromatic N) is 3. The van der Waals surface area contributed by atoms with Crippen LogP contribution in [0.3, 0.4) is 0 Å². The van der Waals surface area contributed by atoms with Gasteiger partial charge in [0, 0.05) is 42.4 Å². The highest BCUT2D eigenvalue weighted by atomic mass is 35.5. The maximum Gasteiger partial charge on any atom is 0.222 e. The number of carbonyl (C=O) groups is 1. The highest BCUT2D eigenvalue weighted by Crippen LogP contribution is 2.21. The zero-order valence-corrected chi connectivity index (χ0v) is 14.8. The highest BCUT2D eigenvalue weighted by molar-refractivity contribution is 6.31. The molecular formula is C19H20ClN3O2. The number of hydrogen-bond donors (Lipinski definition) is 0. The van der Waals surface area contributed by atoms with Gasteiger partial charge in [0.1, 0.15) is 0 Å². The average Bonchev–Trinajstić information content (AvgIpc) is 3.11. The second-order valence-corrected chi connectivity index (χ2v) is 6.34. The molecule has 0 fully saturated rings. The van der Waals surface area contributed by atoms with E-state index in [0.717, 1.165) is 16.8 Å². The van der Waals surface area contributed by atoms with Gasteiger partial charge in [-0.3, -0.25) is 9.78 Å². The summed E-state index contributed by atoms with van der Waals surface area (Å²) in [6, 6.07) is 11.4. The molecule has 0 unspecified atom stereocenters. The molecule has 5 nitrogen and oxygen atoms in total. The topological polar surface area (TPSA) is 54.8 Å². The molecule has 0 spiro atoms. The third kappa shape index (κ3) is 4.37. The summed E-state index contributed by atoms with van der Waals surface area (Å²) >= 11 is 6.24. The molecule has 0 N–H and O–H groups in total. The fourth-order valence-corrected chi connectivity index (χ4v) is 2.98. The molecule has 2 heterocycles. The average molecular weight is 358 g/mol. The lowest BCUT2D eigenvalue weighted by Gasteiger charge is -2.25. The highest BCUT2D eigenvalue weighted by Gasteiger charge is 2.26. The number of rotatable bonds is 6. The standard InChI is InChI=1S/C19H20ClN3O2/c1-2-19(24)23(12-15-6-3-4-8-17(15)20)13-16-10-18(22-25-16)14-7-5-9-21-11-14/h3-9,11,16H,2,10,12-13H2,1H3/t16-/m1/s1. The van der Waals surface area contributed by atoms with Crippen LogP contribution in [-0.4, -0.2) is 34.2 Å². The monoisotopic (exact) mass is 357 g/mol. The zero-order chi connectivity index (χ0) is 17.6. The molecule has 0 radical (unpaired) electrons. The molecule has 0 saturated carbocycles. The van der Waals surface area contributed by atoms with Crippen LogP contribution >= 0.6 is 11.6 Å². The molecule has 1 atom stereocenters. The summed E-state index contributed by atoms with van der Waals surface area (Å²) in [6.45, 7) is 2.80. The van der Waals surface area contributed by atoms with E-state index >= 15 is 0 Å². The van der Waals surface area contributed by atoms with Crippen LogP contribution in [-0.2, 0) is 16.2 Å². The molecule has 1 aliphatic rings. The van der Waals surface area contributed by atoms with Crippen LogP contribution in [0.1, 0.15) is 30.9 Å². The van der Waals surface area contributed by atoms with Gasteiger partial charge in [-0.2, -0.15) is 0 Å². The summed E-state index contributed by atoms with van der Waals surface area (Å²) in [4.78, 5) is 23.8. The first kappa shape index (κ1) is 17.4. The van der Waals surface area contributed by atoms with Gasteiger partial charge >= 0.3 is 0 Å². The van der Waals surface area contributed by atoms with Crippen LogP contribution in [0.5, 0.6) is 0 Å². The lowest BCUT2D eigenvalue weighted by molar-refractivity contribution is -0.133. The Morgan fingerprint density at radius 3 is 2.88 bits per heavy atom. The van der Waals surface area contributed by atoms with Crippen molar-refractivity contribution in [3.63, 3.8) is 0 Å². The van der Waals surface area contributed by atoms with Crippen LogP contribution in [0.15, 0.2) is 53.9 Å². The molecule has 1 aliphatic heterocycles. The summed E-state index contributed by atoms with van der Waals surface area (Å²) < 4.78 is 0. The Hall–Kier alpha value is -2.40. The summed E-state index contributed by atoms with van der Waals surface area (Å²) in [7, 11) is 0. The van der Waals surface area contributed by atoms with Crippen LogP contribution in [0.4, 0.5) is 0 Å². The van der Waals surface area contributed by atoms with Gasteiger partial charge < -0.3 is 9.74 Å². The minimum Gasteiger partial charge on any atom is -0.390 e. The maximum absolute atomic E-state index is 12.3. The first-order valence-corrected chi connectivity index (χ1v) is 8.69. The minimum absolute atomic E-state index is 0.0679. The lowest BCUT2D eigenvalue weighted by Crippen LogP contribution is -2.37. The smallest absolute Gasteiger partial charge is 0.222 e. The molecule has 3 rings (SSSR count). The van der Waals surface area contributed by atoms with E-state index in [9.17, 15) is 4.79 Å². The van der Waals surface area contributed by atoms with E-state index in [0.29, 0.717) is 31.0 Å². The molecular weight excluding hydrogens is 338 g/mol. The number of aromatic nitrogens is 1. The third-order valence-corrected chi connectivity index (χ3v) is 4.49. The zero-order valence-electron chi connectivity index (χ0n) is 14.1. The minimum atomic E-state index is -0.159. The molecule has 0 bridgehead atoms.